The number of hydrogen-bond acceptors (Lipinski definition) is 3. The van der Waals surface area contributed by atoms with Crippen molar-refractivity contribution in [2.45, 2.75) is 32.6 Å². The third-order valence-corrected chi connectivity index (χ3v) is 1.35. The Bertz CT molecular complexity index is 81.1. The molecule has 0 radical (unpaired) electrons. The molecule has 3 nitrogen and oxygen atoms in total. The lowest BCUT2D eigenvalue weighted by Crippen LogP contribution is -2.50. The summed E-state index contributed by atoms with van der Waals surface area (Å²) in [7, 11) is 0. The average Bonchev–Trinajstić information content (AvgIpc) is 1.65. The second kappa shape index (κ2) is 3.15. The predicted octanol–water partition coefficient (Wildman–Crippen LogP) is -0.315. The predicted molar refractivity (Wildman–Crippen MR) is 36.0 cm³/mol. The molecule has 0 rings (SSSR count). The van der Waals surface area contributed by atoms with Crippen molar-refractivity contribution in [2.75, 3.05) is 6.54 Å². The molecule has 0 aromatic carbocycles. The summed E-state index contributed by atoms with van der Waals surface area (Å²) < 4.78 is 0. The van der Waals surface area contributed by atoms with E-state index in [9.17, 15) is 5.11 Å². The Balaban J connectivity index is 3.70. The summed E-state index contributed by atoms with van der Waals surface area (Å²) in [5.74, 6) is 0. The van der Waals surface area contributed by atoms with Crippen LogP contribution in [-0.4, -0.2) is 28.6 Å². The molecule has 0 spiro atoms. The SMILES string of the molecule is CCNC(C)(O)C(C)O. The largest absolute Gasteiger partial charge is 0.389 e. The number of rotatable bonds is 3. The van der Waals surface area contributed by atoms with Crippen molar-refractivity contribution in [3.05, 3.63) is 0 Å². The van der Waals surface area contributed by atoms with Crippen molar-refractivity contribution in [3.8, 4) is 0 Å². The standard InChI is InChI=1S/C6H15NO2/c1-4-7-6(3,9)5(2)8/h5,7-9H,4H2,1-3H3. The second-order valence-electron chi connectivity index (χ2n) is 2.35. The monoisotopic (exact) mass is 133 g/mol. The first-order valence-electron chi connectivity index (χ1n) is 3.16. The fourth-order valence-corrected chi connectivity index (χ4v) is 0.506. The summed E-state index contributed by atoms with van der Waals surface area (Å²) >= 11 is 0. The molecule has 2 atom stereocenters. The maximum atomic E-state index is 9.23. The molecule has 0 aliphatic carbocycles. The van der Waals surface area contributed by atoms with Gasteiger partial charge >= 0.3 is 0 Å². The molecule has 0 saturated carbocycles. The van der Waals surface area contributed by atoms with E-state index < -0.39 is 11.8 Å². The fourth-order valence-electron chi connectivity index (χ4n) is 0.506. The molecule has 0 aliphatic heterocycles. The van der Waals surface area contributed by atoms with Gasteiger partial charge in [-0.2, -0.15) is 0 Å². The van der Waals surface area contributed by atoms with Crippen LogP contribution in [0.3, 0.4) is 0 Å². The van der Waals surface area contributed by atoms with Gasteiger partial charge in [-0.25, -0.2) is 0 Å². The summed E-state index contributed by atoms with van der Waals surface area (Å²) in [6, 6.07) is 0. The third-order valence-electron chi connectivity index (χ3n) is 1.35. The van der Waals surface area contributed by atoms with Gasteiger partial charge in [-0.05, 0) is 20.4 Å². The van der Waals surface area contributed by atoms with Gasteiger partial charge in [0.1, 0.15) is 5.72 Å². The van der Waals surface area contributed by atoms with Gasteiger partial charge in [-0.3, -0.25) is 5.32 Å². The quantitative estimate of drug-likeness (QED) is 0.463. The van der Waals surface area contributed by atoms with Crippen molar-refractivity contribution >= 4 is 0 Å². The molecule has 0 aromatic heterocycles. The van der Waals surface area contributed by atoms with Crippen LogP contribution in [0.15, 0.2) is 0 Å². The zero-order valence-corrected chi connectivity index (χ0v) is 6.18. The van der Waals surface area contributed by atoms with Crippen LogP contribution in [-0.2, 0) is 0 Å². The van der Waals surface area contributed by atoms with Gasteiger partial charge in [0, 0.05) is 0 Å². The minimum absolute atomic E-state index is 0.651. The van der Waals surface area contributed by atoms with Crippen LogP contribution >= 0.6 is 0 Å². The molecule has 0 saturated heterocycles. The third kappa shape index (κ3) is 2.79. The zero-order chi connectivity index (χ0) is 7.49. The van der Waals surface area contributed by atoms with Gasteiger partial charge in [0.05, 0.1) is 6.10 Å². The van der Waals surface area contributed by atoms with E-state index in [1.54, 1.807) is 13.8 Å². The normalized spacial score (nSPS) is 21.0. The van der Waals surface area contributed by atoms with Crippen LogP contribution in [0, 0.1) is 0 Å². The molecular weight excluding hydrogens is 118 g/mol. The number of aliphatic hydroxyl groups excluding tert-OH is 1. The van der Waals surface area contributed by atoms with Crippen LogP contribution in [0.4, 0.5) is 0 Å². The molecule has 2 unspecified atom stereocenters. The van der Waals surface area contributed by atoms with Crippen LogP contribution < -0.4 is 5.32 Å². The molecule has 0 bridgehead atoms. The van der Waals surface area contributed by atoms with E-state index in [1.165, 1.54) is 0 Å². The molecule has 0 fully saturated rings. The molecule has 9 heavy (non-hydrogen) atoms. The molecule has 0 amide bonds. The van der Waals surface area contributed by atoms with Crippen molar-refractivity contribution < 1.29 is 10.2 Å². The van der Waals surface area contributed by atoms with Crippen molar-refractivity contribution in [3.63, 3.8) is 0 Å². The Morgan fingerprint density at radius 2 is 2.11 bits per heavy atom. The van der Waals surface area contributed by atoms with Crippen molar-refractivity contribution in [1.29, 1.82) is 0 Å². The maximum absolute atomic E-state index is 9.23. The Kier molecular flexibility index (Phi) is 3.11. The van der Waals surface area contributed by atoms with E-state index in [2.05, 4.69) is 5.32 Å². The van der Waals surface area contributed by atoms with Gasteiger partial charge in [0.25, 0.3) is 0 Å². The summed E-state index contributed by atoms with van der Waals surface area (Å²) in [5, 5.41) is 20.9. The first-order valence-corrected chi connectivity index (χ1v) is 3.16. The van der Waals surface area contributed by atoms with E-state index in [0.29, 0.717) is 6.54 Å². The highest BCUT2D eigenvalue weighted by molar-refractivity contribution is 4.74. The van der Waals surface area contributed by atoms with E-state index >= 15 is 0 Å². The van der Waals surface area contributed by atoms with E-state index in [0.717, 1.165) is 0 Å². The number of aliphatic hydroxyl groups is 2. The number of nitrogens with one attached hydrogen (secondary N) is 1. The Hall–Kier alpha value is -0.120. The highest BCUT2D eigenvalue weighted by Crippen LogP contribution is 2.03. The molecule has 0 heterocycles. The average molecular weight is 133 g/mol. The van der Waals surface area contributed by atoms with Gasteiger partial charge in [-0.15, -0.1) is 0 Å². The van der Waals surface area contributed by atoms with Gasteiger partial charge in [-0.1, -0.05) is 6.92 Å². The summed E-state index contributed by atoms with van der Waals surface area (Å²) in [6.45, 7) is 5.61. The Labute approximate surface area is 55.7 Å². The molecule has 0 aromatic rings. The highest BCUT2D eigenvalue weighted by atomic mass is 16.4. The van der Waals surface area contributed by atoms with Crippen LogP contribution in [0.2, 0.25) is 0 Å². The van der Waals surface area contributed by atoms with E-state index in [1.807, 2.05) is 6.92 Å². The zero-order valence-electron chi connectivity index (χ0n) is 6.18. The first kappa shape index (κ1) is 8.88. The van der Waals surface area contributed by atoms with Gasteiger partial charge < -0.3 is 10.2 Å². The van der Waals surface area contributed by atoms with Crippen LogP contribution in [0.1, 0.15) is 20.8 Å². The highest BCUT2D eigenvalue weighted by Gasteiger charge is 2.24. The lowest BCUT2D eigenvalue weighted by Gasteiger charge is -2.26. The second-order valence-corrected chi connectivity index (χ2v) is 2.35. The summed E-state index contributed by atoms with van der Waals surface area (Å²) in [6.07, 6.45) is -0.738. The number of hydrogen-bond donors (Lipinski definition) is 3. The Morgan fingerprint density at radius 1 is 1.67 bits per heavy atom. The Morgan fingerprint density at radius 3 is 2.22 bits per heavy atom. The minimum Gasteiger partial charge on any atom is -0.389 e. The van der Waals surface area contributed by atoms with Gasteiger partial charge in [0.2, 0.25) is 0 Å². The smallest absolute Gasteiger partial charge is 0.138 e. The summed E-state index contributed by atoms with van der Waals surface area (Å²) in [5.41, 5.74) is -1.14. The van der Waals surface area contributed by atoms with Crippen LogP contribution in [0.5, 0.6) is 0 Å². The maximum Gasteiger partial charge on any atom is 0.138 e. The summed E-state index contributed by atoms with van der Waals surface area (Å²) in [4.78, 5) is 0. The number of likely N-dealkylation sites (N-methyl/N-ethyl adjacent to an activating group) is 1. The lowest BCUT2D eigenvalue weighted by atomic mass is 10.1. The van der Waals surface area contributed by atoms with Gasteiger partial charge in [0.15, 0.2) is 0 Å². The lowest BCUT2D eigenvalue weighted by molar-refractivity contribution is -0.0752. The fraction of sp³-hybridized carbons (Fsp3) is 1.00. The molecule has 3 N–H and O–H groups in total. The first-order chi connectivity index (χ1) is 4.00. The van der Waals surface area contributed by atoms with Crippen molar-refractivity contribution in [1.82, 2.24) is 5.32 Å². The van der Waals surface area contributed by atoms with E-state index in [-0.39, 0.29) is 0 Å². The van der Waals surface area contributed by atoms with E-state index in [4.69, 9.17) is 5.11 Å². The van der Waals surface area contributed by atoms with Crippen LogP contribution in [0.25, 0.3) is 0 Å². The molecule has 56 valence electrons. The molecule has 0 aliphatic rings. The minimum atomic E-state index is -1.14. The molecular formula is C6H15NO2. The van der Waals surface area contributed by atoms with Crippen molar-refractivity contribution in [2.24, 2.45) is 0 Å². The molecule has 3 heteroatoms. The topological polar surface area (TPSA) is 52.5 Å².